The number of hydrogen-bond donors (Lipinski definition) is 0. The summed E-state index contributed by atoms with van der Waals surface area (Å²) in [6, 6.07) is 70.4. The lowest BCUT2D eigenvalue weighted by molar-refractivity contribution is 1.23. The Kier molecular flexibility index (Phi) is 8.83. The van der Waals surface area contributed by atoms with Crippen molar-refractivity contribution < 1.29 is 0 Å². The normalized spacial score (nSPS) is 11.1. The van der Waals surface area contributed by atoms with Crippen molar-refractivity contribution in [2.75, 3.05) is 0 Å². The molecule has 5 heteroatoms. The number of nitriles is 1. The molecule has 0 saturated heterocycles. The van der Waals surface area contributed by atoms with Crippen molar-refractivity contribution >= 4 is 21.8 Å². The van der Waals surface area contributed by atoms with Crippen molar-refractivity contribution in [3.63, 3.8) is 0 Å². The van der Waals surface area contributed by atoms with Gasteiger partial charge in [0.25, 0.3) is 0 Å². The van der Waals surface area contributed by atoms with Crippen molar-refractivity contribution in [3.05, 3.63) is 206 Å². The predicted molar refractivity (Wildman–Crippen MR) is 235 cm³/mol. The molecule has 0 bridgehead atoms. The fourth-order valence-corrected chi connectivity index (χ4v) is 7.62. The highest BCUT2D eigenvalue weighted by atomic mass is 14.9. The molecule has 0 aliphatic carbocycles. The highest BCUT2D eigenvalue weighted by Gasteiger charge is 2.16. The van der Waals surface area contributed by atoms with Crippen LogP contribution >= 0.6 is 0 Å². The molecule has 10 rings (SSSR count). The van der Waals surface area contributed by atoms with E-state index in [1.807, 2.05) is 91.0 Å². The Bertz CT molecular complexity index is 3000. The van der Waals surface area contributed by atoms with Crippen LogP contribution in [0.3, 0.4) is 0 Å². The minimum Gasteiger partial charge on any atom is -0.228 e. The Labute approximate surface area is 336 Å². The number of nitrogens with zero attached hydrogens (tertiary/aromatic N) is 5. The van der Waals surface area contributed by atoms with E-state index in [4.69, 9.17) is 19.9 Å². The Morgan fingerprint density at radius 1 is 0.293 bits per heavy atom. The van der Waals surface area contributed by atoms with Crippen LogP contribution in [-0.4, -0.2) is 19.9 Å². The van der Waals surface area contributed by atoms with E-state index in [1.54, 1.807) is 0 Å². The molecule has 270 valence electrons. The molecule has 0 fully saturated rings. The maximum Gasteiger partial charge on any atom is 0.160 e. The van der Waals surface area contributed by atoms with Gasteiger partial charge in [0, 0.05) is 33.0 Å². The third-order valence-corrected chi connectivity index (χ3v) is 10.5. The summed E-state index contributed by atoms with van der Waals surface area (Å²) < 4.78 is 0. The second-order valence-electron chi connectivity index (χ2n) is 14.2. The number of benzene rings is 8. The van der Waals surface area contributed by atoms with Crippen LogP contribution in [0.2, 0.25) is 0 Å². The van der Waals surface area contributed by atoms with Crippen molar-refractivity contribution in [2.24, 2.45) is 0 Å². The smallest absolute Gasteiger partial charge is 0.160 e. The molecule has 2 aromatic heterocycles. The van der Waals surface area contributed by atoms with Gasteiger partial charge in [0.15, 0.2) is 11.6 Å². The van der Waals surface area contributed by atoms with Gasteiger partial charge in [-0.3, -0.25) is 0 Å². The third kappa shape index (κ3) is 6.66. The fourth-order valence-electron chi connectivity index (χ4n) is 7.62. The minimum absolute atomic E-state index is 0.610. The summed E-state index contributed by atoms with van der Waals surface area (Å²) in [6.07, 6.45) is 0. The summed E-state index contributed by atoms with van der Waals surface area (Å²) >= 11 is 0. The minimum atomic E-state index is 0.610. The van der Waals surface area contributed by atoms with Crippen LogP contribution in [0.4, 0.5) is 0 Å². The van der Waals surface area contributed by atoms with Crippen molar-refractivity contribution in [1.82, 2.24) is 19.9 Å². The highest BCUT2D eigenvalue weighted by Crippen LogP contribution is 2.37. The van der Waals surface area contributed by atoms with Gasteiger partial charge in [0.1, 0.15) is 0 Å². The Balaban J connectivity index is 1.11. The zero-order chi connectivity index (χ0) is 38.8. The van der Waals surface area contributed by atoms with E-state index >= 15 is 0 Å². The summed E-state index contributed by atoms with van der Waals surface area (Å²) in [7, 11) is 0. The maximum absolute atomic E-state index is 9.79. The summed E-state index contributed by atoms with van der Waals surface area (Å²) in [5.74, 6) is 1.32. The van der Waals surface area contributed by atoms with Gasteiger partial charge in [-0.25, -0.2) is 19.9 Å². The van der Waals surface area contributed by atoms with Gasteiger partial charge in [-0.1, -0.05) is 146 Å². The van der Waals surface area contributed by atoms with Crippen LogP contribution in [0.1, 0.15) is 5.56 Å². The van der Waals surface area contributed by atoms with E-state index in [9.17, 15) is 5.26 Å². The predicted octanol–water partition coefficient (Wildman–Crippen LogP) is 13.1. The van der Waals surface area contributed by atoms with Gasteiger partial charge >= 0.3 is 0 Å². The zero-order valence-corrected chi connectivity index (χ0v) is 31.3. The lowest BCUT2D eigenvalue weighted by Gasteiger charge is -2.14. The van der Waals surface area contributed by atoms with Gasteiger partial charge < -0.3 is 0 Å². The van der Waals surface area contributed by atoms with Gasteiger partial charge in [-0.2, -0.15) is 5.26 Å². The van der Waals surface area contributed by atoms with Crippen LogP contribution in [0.15, 0.2) is 200 Å². The van der Waals surface area contributed by atoms with E-state index in [0.29, 0.717) is 17.2 Å². The number of hydrogen-bond acceptors (Lipinski definition) is 5. The Hall–Kier alpha value is -8.07. The fraction of sp³-hybridized carbons (Fsp3) is 0. The van der Waals surface area contributed by atoms with Gasteiger partial charge in [0.05, 0.1) is 34.1 Å². The van der Waals surface area contributed by atoms with E-state index in [0.717, 1.165) is 88.8 Å². The van der Waals surface area contributed by atoms with Gasteiger partial charge in [-0.15, -0.1) is 0 Å². The molecular formula is C53H33N5. The molecule has 0 saturated carbocycles. The van der Waals surface area contributed by atoms with Crippen molar-refractivity contribution in [1.29, 1.82) is 5.26 Å². The molecule has 0 unspecified atom stereocenters. The van der Waals surface area contributed by atoms with E-state index in [1.165, 1.54) is 0 Å². The standard InChI is InChI=1S/C53H33N5/c54-34-35-14-11-19-38(28-35)43-31-44(39-20-12-22-41(29-39)52-55-48-26-9-7-24-46(48)50(57-52)36-15-3-1-4-16-36)33-45(32-43)40-21-13-23-42(30-40)53-56-49-27-10-8-25-47(49)51(58-53)37-17-5-2-6-18-37/h1-33H. The summed E-state index contributed by atoms with van der Waals surface area (Å²) in [5, 5.41) is 11.8. The average molecular weight is 740 g/mol. The Morgan fingerprint density at radius 2 is 0.655 bits per heavy atom. The first-order valence-corrected chi connectivity index (χ1v) is 19.2. The molecular weight excluding hydrogens is 707 g/mol. The molecule has 8 aromatic carbocycles. The van der Waals surface area contributed by atoms with Gasteiger partial charge in [0.2, 0.25) is 0 Å². The second kappa shape index (κ2) is 14.9. The van der Waals surface area contributed by atoms with Crippen LogP contribution in [0, 0.1) is 11.3 Å². The largest absolute Gasteiger partial charge is 0.228 e. The first-order chi connectivity index (χ1) is 28.7. The lowest BCUT2D eigenvalue weighted by Crippen LogP contribution is -1.96. The first-order valence-electron chi connectivity index (χ1n) is 19.2. The van der Waals surface area contributed by atoms with Crippen LogP contribution in [-0.2, 0) is 0 Å². The van der Waals surface area contributed by atoms with Crippen LogP contribution in [0.5, 0.6) is 0 Å². The molecule has 5 nitrogen and oxygen atoms in total. The lowest BCUT2D eigenvalue weighted by atomic mass is 9.92. The topological polar surface area (TPSA) is 75.3 Å². The SMILES string of the molecule is N#Cc1cccc(-c2cc(-c3cccc(-c4nc(-c5ccccc5)c5ccccc5n4)c3)cc(-c3cccc(-c4nc(-c5ccccc5)c5ccccc5n4)c3)c2)c1. The molecule has 0 radical (unpaired) electrons. The monoisotopic (exact) mass is 739 g/mol. The summed E-state index contributed by atoms with van der Waals surface area (Å²) in [6.45, 7) is 0. The second-order valence-corrected chi connectivity index (χ2v) is 14.2. The maximum atomic E-state index is 9.79. The number of para-hydroxylation sites is 2. The zero-order valence-electron chi connectivity index (χ0n) is 31.3. The summed E-state index contributed by atoms with van der Waals surface area (Å²) in [5.41, 5.74) is 14.2. The third-order valence-electron chi connectivity index (χ3n) is 10.5. The van der Waals surface area contributed by atoms with E-state index in [2.05, 4.69) is 115 Å². The number of rotatable bonds is 7. The van der Waals surface area contributed by atoms with Crippen LogP contribution in [0.25, 0.3) is 100 Å². The average Bonchev–Trinajstić information content (AvgIpc) is 3.31. The number of fused-ring (bicyclic) bond motifs is 2. The molecule has 0 aliphatic rings. The molecule has 0 N–H and O–H groups in total. The molecule has 58 heavy (non-hydrogen) atoms. The molecule has 0 aliphatic heterocycles. The van der Waals surface area contributed by atoms with E-state index < -0.39 is 0 Å². The quantitative estimate of drug-likeness (QED) is 0.163. The molecule has 0 spiro atoms. The highest BCUT2D eigenvalue weighted by molar-refractivity contribution is 5.95. The number of aromatic nitrogens is 4. The van der Waals surface area contributed by atoms with Gasteiger partial charge in [-0.05, 0) is 88.0 Å². The summed E-state index contributed by atoms with van der Waals surface area (Å²) in [4.78, 5) is 20.4. The molecule has 0 amide bonds. The van der Waals surface area contributed by atoms with Crippen molar-refractivity contribution in [3.8, 4) is 84.7 Å². The molecule has 0 atom stereocenters. The molecule has 2 heterocycles. The molecule has 10 aromatic rings. The first kappa shape index (κ1) is 34.4. The van der Waals surface area contributed by atoms with E-state index in [-0.39, 0.29) is 0 Å². The van der Waals surface area contributed by atoms with Crippen LogP contribution < -0.4 is 0 Å². The Morgan fingerprint density at radius 3 is 1.12 bits per heavy atom. The van der Waals surface area contributed by atoms with Crippen molar-refractivity contribution in [2.45, 2.75) is 0 Å².